The number of anilines is 1. The van der Waals surface area contributed by atoms with Gasteiger partial charge < -0.3 is 15.0 Å². The molecule has 1 amide bonds. The molecule has 222 valence electrons. The first-order valence-corrected chi connectivity index (χ1v) is 15.0. The highest BCUT2D eigenvalue weighted by molar-refractivity contribution is 5.89. The maximum absolute atomic E-state index is 12.4. The molecule has 0 saturated heterocycles. The molecule has 6 rings (SSSR count). The van der Waals surface area contributed by atoms with Crippen LogP contribution in [-0.2, 0) is 15.9 Å². The largest absolute Gasteiger partial charge is 0.378 e. The van der Waals surface area contributed by atoms with E-state index < -0.39 is 11.1 Å². The van der Waals surface area contributed by atoms with E-state index >= 15 is 0 Å². The third kappa shape index (κ3) is 5.62. The highest BCUT2D eigenvalue weighted by Gasteiger charge is 2.40. The minimum absolute atomic E-state index is 0.118. The van der Waals surface area contributed by atoms with Crippen molar-refractivity contribution in [1.82, 2.24) is 9.55 Å². The summed E-state index contributed by atoms with van der Waals surface area (Å²) >= 11 is 0. The minimum Gasteiger partial charge on any atom is -0.378 e. The molecule has 0 aliphatic carbocycles. The summed E-state index contributed by atoms with van der Waals surface area (Å²) in [5, 5.41) is 15.2. The number of rotatable bonds is 10. The van der Waals surface area contributed by atoms with Crippen molar-refractivity contribution < 1.29 is 9.90 Å². The molecule has 5 heteroatoms. The summed E-state index contributed by atoms with van der Waals surface area (Å²) in [4.78, 5) is 16.4. The van der Waals surface area contributed by atoms with Crippen molar-refractivity contribution in [2.45, 2.75) is 24.5 Å². The van der Waals surface area contributed by atoms with Gasteiger partial charge in [-0.05, 0) is 45.5 Å². The Morgan fingerprint density at radius 3 is 1.82 bits per heavy atom. The normalized spacial score (nSPS) is 12.7. The van der Waals surface area contributed by atoms with Gasteiger partial charge in [-0.2, -0.15) is 0 Å². The quantitative estimate of drug-likeness (QED) is 0.125. The Morgan fingerprint density at radius 2 is 1.31 bits per heavy atom. The van der Waals surface area contributed by atoms with Gasteiger partial charge in [0.1, 0.15) is 11.1 Å². The van der Waals surface area contributed by atoms with E-state index in [1.165, 1.54) is 6.92 Å². The van der Waals surface area contributed by atoms with Gasteiger partial charge in [0.15, 0.2) is 0 Å². The molecule has 0 aliphatic rings. The third-order valence-corrected chi connectivity index (χ3v) is 8.29. The van der Waals surface area contributed by atoms with Crippen LogP contribution in [0.5, 0.6) is 0 Å². The zero-order valence-electron chi connectivity index (χ0n) is 25.2. The first-order valence-electron chi connectivity index (χ1n) is 15.0. The molecule has 2 N–H and O–H groups in total. The SMILES string of the molecule is C=CCC(O)(c1ccc(-c2cccc(NC(C)=O)c2)cc1)c1cn(C(c2ccccc2)(c2ccccc2)c2ccccc2)cn1. The molecule has 45 heavy (non-hydrogen) atoms. The lowest BCUT2D eigenvalue weighted by molar-refractivity contribution is -0.114. The average Bonchev–Trinajstić information content (AvgIpc) is 3.58. The van der Waals surface area contributed by atoms with Crippen LogP contribution >= 0.6 is 0 Å². The van der Waals surface area contributed by atoms with Crippen molar-refractivity contribution in [2.24, 2.45) is 0 Å². The molecule has 6 aromatic rings. The topological polar surface area (TPSA) is 67.2 Å². The summed E-state index contributed by atoms with van der Waals surface area (Å²) in [5.74, 6) is -0.118. The Kier molecular flexibility index (Phi) is 8.28. The lowest BCUT2D eigenvalue weighted by Crippen LogP contribution is -2.37. The molecule has 1 heterocycles. The summed E-state index contributed by atoms with van der Waals surface area (Å²) < 4.78 is 2.11. The van der Waals surface area contributed by atoms with Crippen molar-refractivity contribution in [1.29, 1.82) is 0 Å². The number of hydrogen-bond donors (Lipinski definition) is 2. The number of nitrogens with one attached hydrogen (secondary N) is 1. The van der Waals surface area contributed by atoms with Crippen LogP contribution < -0.4 is 5.32 Å². The molecule has 5 aromatic carbocycles. The standard InChI is InChI=1S/C40H35N3O2/c1-3-26-39(45,33-24-22-31(23-25-33)32-14-13-21-37(27-32)42-30(2)44)38-28-43(29-41-38)40(34-15-7-4-8-16-34,35-17-9-5-10-18-35)36-19-11-6-12-20-36/h3-25,27-29,45H,1,26H2,2H3,(H,42,44). The highest BCUT2D eigenvalue weighted by atomic mass is 16.3. The fourth-order valence-corrected chi connectivity index (χ4v) is 6.20. The second kappa shape index (κ2) is 12.6. The summed E-state index contributed by atoms with van der Waals surface area (Å²) in [6.07, 6.45) is 5.78. The van der Waals surface area contributed by atoms with Crippen LogP contribution in [0.4, 0.5) is 5.69 Å². The summed E-state index contributed by atoms with van der Waals surface area (Å²) in [6.45, 7) is 5.46. The zero-order valence-corrected chi connectivity index (χ0v) is 25.2. The first-order chi connectivity index (χ1) is 21.9. The van der Waals surface area contributed by atoms with Crippen molar-refractivity contribution in [3.05, 3.63) is 193 Å². The third-order valence-electron chi connectivity index (χ3n) is 8.29. The number of nitrogens with zero attached hydrogens (tertiary/aromatic N) is 2. The monoisotopic (exact) mass is 589 g/mol. The molecular weight excluding hydrogens is 554 g/mol. The predicted molar refractivity (Wildman–Crippen MR) is 181 cm³/mol. The molecule has 0 bridgehead atoms. The van der Waals surface area contributed by atoms with Crippen molar-refractivity contribution in [2.75, 3.05) is 5.32 Å². The zero-order chi connectivity index (χ0) is 31.3. The van der Waals surface area contributed by atoms with Crippen molar-refractivity contribution >= 4 is 11.6 Å². The Labute approximate surface area is 264 Å². The van der Waals surface area contributed by atoms with E-state index in [1.807, 2.05) is 79.3 Å². The maximum atomic E-state index is 12.4. The molecule has 0 spiro atoms. The predicted octanol–water partition coefficient (Wildman–Crippen LogP) is 8.16. The van der Waals surface area contributed by atoms with E-state index in [4.69, 9.17) is 4.98 Å². The number of benzene rings is 5. The van der Waals surface area contributed by atoms with Gasteiger partial charge in [-0.25, -0.2) is 4.98 Å². The van der Waals surface area contributed by atoms with Crippen LogP contribution in [-0.4, -0.2) is 20.6 Å². The minimum atomic E-state index is -1.42. The second-order valence-electron chi connectivity index (χ2n) is 11.2. The highest BCUT2D eigenvalue weighted by Crippen LogP contribution is 2.42. The Balaban J connectivity index is 1.46. The maximum Gasteiger partial charge on any atom is 0.221 e. The van der Waals surface area contributed by atoms with Gasteiger partial charge in [0.2, 0.25) is 5.91 Å². The Bertz CT molecular complexity index is 1800. The number of carbonyl (C=O) groups excluding carboxylic acids is 1. The van der Waals surface area contributed by atoms with Crippen molar-refractivity contribution in [3.63, 3.8) is 0 Å². The molecule has 0 saturated carbocycles. The molecule has 1 unspecified atom stereocenters. The average molecular weight is 590 g/mol. The molecule has 0 radical (unpaired) electrons. The number of hydrogen-bond acceptors (Lipinski definition) is 3. The van der Waals surface area contributed by atoms with E-state index in [0.29, 0.717) is 11.3 Å². The molecule has 5 nitrogen and oxygen atoms in total. The molecule has 0 aliphatic heterocycles. The number of aliphatic hydroxyl groups is 1. The second-order valence-corrected chi connectivity index (χ2v) is 11.2. The smallest absolute Gasteiger partial charge is 0.221 e. The Morgan fingerprint density at radius 1 is 0.756 bits per heavy atom. The van der Waals surface area contributed by atoms with E-state index in [9.17, 15) is 9.90 Å². The van der Waals surface area contributed by atoms with Crippen LogP contribution in [0.15, 0.2) is 165 Å². The van der Waals surface area contributed by atoms with Gasteiger partial charge in [0.25, 0.3) is 0 Å². The number of amides is 1. The number of carbonyl (C=O) groups is 1. The molecular formula is C40H35N3O2. The van der Waals surface area contributed by atoms with E-state index in [0.717, 1.165) is 33.5 Å². The number of imidazole rings is 1. The Hall–Kier alpha value is -5.52. The van der Waals surface area contributed by atoms with Crippen LogP contribution in [0.25, 0.3) is 11.1 Å². The van der Waals surface area contributed by atoms with E-state index in [-0.39, 0.29) is 12.3 Å². The van der Waals surface area contributed by atoms with Gasteiger partial charge in [-0.15, -0.1) is 6.58 Å². The fraction of sp³-hybridized carbons (Fsp3) is 0.100. The summed E-state index contributed by atoms with van der Waals surface area (Å²) in [7, 11) is 0. The van der Waals surface area contributed by atoms with Gasteiger partial charge >= 0.3 is 0 Å². The van der Waals surface area contributed by atoms with Crippen LogP contribution in [0, 0.1) is 0 Å². The number of aromatic nitrogens is 2. The van der Waals surface area contributed by atoms with Gasteiger partial charge in [-0.3, -0.25) is 4.79 Å². The summed E-state index contributed by atoms with van der Waals surface area (Å²) in [6, 6.07) is 46.7. The van der Waals surface area contributed by atoms with Crippen LogP contribution in [0.1, 0.15) is 41.3 Å². The van der Waals surface area contributed by atoms with Gasteiger partial charge in [0, 0.05) is 25.2 Å². The van der Waals surface area contributed by atoms with Crippen molar-refractivity contribution in [3.8, 4) is 11.1 Å². The van der Waals surface area contributed by atoms with Crippen LogP contribution in [0.3, 0.4) is 0 Å². The lowest BCUT2D eigenvalue weighted by atomic mass is 9.76. The fourth-order valence-electron chi connectivity index (χ4n) is 6.20. The van der Waals surface area contributed by atoms with Gasteiger partial charge in [-0.1, -0.05) is 133 Å². The first kappa shape index (κ1) is 29.5. The summed E-state index contributed by atoms with van der Waals surface area (Å²) in [5.41, 5.74) is 4.95. The van der Waals surface area contributed by atoms with E-state index in [2.05, 4.69) is 89.3 Å². The molecule has 1 atom stereocenters. The van der Waals surface area contributed by atoms with E-state index in [1.54, 1.807) is 6.08 Å². The molecule has 1 aromatic heterocycles. The lowest BCUT2D eigenvalue weighted by Gasteiger charge is -2.37. The van der Waals surface area contributed by atoms with Gasteiger partial charge in [0.05, 0.1) is 12.0 Å². The molecule has 0 fully saturated rings. The van der Waals surface area contributed by atoms with Crippen LogP contribution in [0.2, 0.25) is 0 Å².